The van der Waals surface area contributed by atoms with Crippen molar-refractivity contribution in [2.75, 3.05) is 13.7 Å². The van der Waals surface area contributed by atoms with Crippen LogP contribution < -0.4 is 44.8 Å². The van der Waals surface area contributed by atoms with Crippen molar-refractivity contribution in [2.45, 2.75) is 13.3 Å². The van der Waals surface area contributed by atoms with Crippen LogP contribution in [0.4, 0.5) is 0 Å². The fraction of sp³-hybridized carbons (Fsp3) is 0.333. The number of aliphatic carboxylic acids is 1. The molecular formula is C12H15N2NaO3. The average Bonchev–Trinajstić information content (AvgIpc) is 2.34. The van der Waals surface area contributed by atoms with E-state index in [0.717, 1.165) is 11.3 Å². The molecule has 6 heteroatoms. The van der Waals surface area contributed by atoms with E-state index in [1.807, 2.05) is 24.3 Å². The number of methoxy groups -OCH3 is 1. The number of para-hydroxylation sites is 1. The molecule has 0 atom stereocenters. The van der Waals surface area contributed by atoms with Gasteiger partial charge in [-0.25, -0.2) is 0 Å². The van der Waals surface area contributed by atoms with Gasteiger partial charge >= 0.3 is 29.6 Å². The summed E-state index contributed by atoms with van der Waals surface area (Å²) in [5.74, 6) is -0.454. The van der Waals surface area contributed by atoms with E-state index < -0.39 is 5.97 Å². The maximum atomic E-state index is 10.4. The second kappa shape index (κ2) is 8.97. The summed E-state index contributed by atoms with van der Waals surface area (Å²) in [6.07, 6.45) is 0.702. The van der Waals surface area contributed by atoms with Gasteiger partial charge in [0.1, 0.15) is 5.75 Å². The SMILES string of the molecule is COc1ccccc1CCNN=C(C)C(=O)[O-].[Na+]. The van der Waals surface area contributed by atoms with E-state index in [0.29, 0.717) is 13.0 Å². The molecule has 0 radical (unpaired) electrons. The van der Waals surface area contributed by atoms with Gasteiger partial charge < -0.3 is 20.1 Å². The van der Waals surface area contributed by atoms with Gasteiger partial charge in [-0.05, 0) is 25.0 Å². The van der Waals surface area contributed by atoms with Crippen LogP contribution in [0.15, 0.2) is 29.4 Å². The second-order valence-electron chi connectivity index (χ2n) is 3.45. The van der Waals surface area contributed by atoms with E-state index in [4.69, 9.17) is 4.74 Å². The minimum Gasteiger partial charge on any atom is -0.543 e. The Morgan fingerprint density at radius 3 is 2.72 bits per heavy atom. The summed E-state index contributed by atoms with van der Waals surface area (Å²) in [4.78, 5) is 10.4. The van der Waals surface area contributed by atoms with Crippen molar-refractivity contribution < 1.29 is 44.2 Å². The fourth-order valence-electron chi connectivity index (χ4n) is 1.32. The van der Waals surface area contributed by atoms with Crippen LogP contribution >= 0.6 is 0 Å². The van der Waals surface area contributed by atoms with E-state index in [-0.39, 0.29) is 35.3 Å². The van der Waals surface area contributed by atoms with Crippen molar-refractivity contribution in [3.8, 4) is 5.75 Å². The maximum Gasteiger partial charge on any atom is 1.00 e. The van der Waals surface area contributed by atoms with Gasteiger partial charge in [0.05, 0.1) is 18.8 Å². The van der Waals surface area contributed by atoms with Crippen LogP contribution in [0.5, 0.6) is 5.75 Å². The predicted octanol–water partition coefficient (Wildman–Crippen LogP) is -3.04. The summed E-state index contributed by atoms with van der Waals surface area (Å²) in [6, 6.07) is 7.66. The number of hydrazone groups is 1. The summed E-state index contributed by atoms with van der Waals surface area (Å²) in [5.41, 5.74) is 3.66. The van der Waals surface area contributed by atoms with Crippen molar-refractivity contribution >= 4 is 11.7 Å². The molecule has 5 nitrogen and oxygen atoms in total. The number of carbonyl (C=O) groups excluding carboxylic acids is 1. The van der Waals surface area contributed by atoms with Crippen LogP contribution in [0.2, 0.25) is 0 Å². The van der Waals surface area contributed by atoms with Crippen LogP contribution in [0, 0.1) is 0 Å². The molecule has 0 saturated carbocycles. The third-order valence-electron chi connectivity index (χ3n) is 2.24. The normalized spacial score (nSPS) is 10.4. The smallest absolute Gasteiger partial charge is 0.543 e. The molecule has 0 aliphatic rings. The number of hydrogen-bond acceptors (Lipinski definition) is 5. The van der Waals surface area contributed by atoms with Crippen LogP contribution in [0.25, 0.3) is 0 Å². The van der Waals surface area contributed by atoms with Crippen LogP contribution in [0.1, 0.15) is 12.5 Å². The number of benzene rings is 1. The molecule has 0 unspecified atom stereocenters. The molecule has 0 aliphatic carbocycles. The van der Waals surface area contributed by atoms with Gasteiger partial charge in [0.25, 0.3) is 0 Å². The predicted molar refractivity (Wildman–Crippen MR) is 62.8 cm³/mol. The monoisotopic (exact) mass is 258 g/mol. The largest absolute Gasteiger partial charge is 1.00 e. The zero-order chi connectivity index (χ0) is 12.7. The first-order chi connectivity index (χ1) is 8.15. The summed E-state index contributed by atoms with van der Waals surface area (Å²) in [7, 11) is 1.62. The zero-order valence-electron chi connectivity index (χ0n) is 10.9. The Bertz CT molecular complexity index is 422. The Balaban J connectivity index is 0.00000289. The Labute approximate surface area is 129 Å². The van der Waals surface area contributed by atoms with Gasteiger partial charge in [-0.1, -0.05) is 18.2 Å². The molecule has 18 heavy (non-hydrogen) atoms. The number of rotatable bonds is 6. The molecule has 0 aromatic heterocycles. The van der Waals surface area contributed by atoms with Crippen LogP contribution in [-0.2, 0) is 11.2 Å². The number of nitrogens with one attached hydrogen (secondary N) is 1. The number of hydrogen-bond donors (Lipinski definition) is 1. The molecule has 1 rings (SSSR count). The minimum atomic E-state index is -1.27. The topological polar surface area (TPSA) is 73.8 Å². The zero-order valence-corrected chi connectivity index (χ0v) is 12.9. The van der Waals surface area contributed by atoms with Crippen LogP contribution in [0.3, 0.4) is 0 Å². The Hall–Kier alpha value is -1.04. The number of carboxylic acid groups (broad SMARTS) is 1. The molecule has 0 aliphatic heterocycles. The first-order valence-electron chi connectivity index (χ1n) is 5.25. The minimum absolute atomic E-state index is 0. The quantitative estimate of drug-likeness (QED) is 0.255. The first kappa shape index (κ1) is 17.0. The molecule has 0 fully saturated rings. The van der Waals surface area contributed by atoms with Crippen molar-refractivity contribution in [2.24, 2.45) is 5.10 Å². The second-order valence-corrected chi connectivity index (χ2v) is 3.45. The van der Waals surface area contributed by atoms with Gasteiger partial charge in [-0.3, -0.25) is 0 Å². The van der Waals surface area contributed by atoms with Crippen molar-refractivity contribution in [3.05, 3.63) is 29.8 Å². The molecule has 0 heterocycles. The molecule has 1 aromatic carbocycles. The van der Waals surface area contributed by atoms with E-state index >= 15 is 0 Å². The fourth-order valence-corrected chi connectivity index (χ4v) is 1.32. The molecule has 0 amide bonds. The van der Waals surface area contributed by atoms with Gasteiger partial charge in [0.15, 0.2) is 0 Å². The van der Waals surface area contributed by atoms with Crippen LogP contribution in [-0.4, -0.2) is 25.3 Å². The summed E-state index contributed by atoms with van der Waals surface area (Å²) in [5, 5.41) is 14.0. The van der Waals surface area contributed by atoms with Crippen molar-refractivity contribution in [1.82, 2.24) is 5.43 Å². The third kappa shape index (κ3) is 5.53. The number of nitrogens with zero attached hydrogens (tertiary/aromatic N) is 1. The molecular weight excluding hydrogens is 243 g/mol. The first-order valence-corrected chi connectivity index (χ1v) is 5.25. The molecule has 1 N–H and O–H groups in total. The van der Waals surface area contributed by atoms with Gasteiger partial charge in [0, 0.05) is 6.54 Å². The number of carboxylic acids is 1. The molecule has 92 valence electrons. The van der Waals surface area contributed by atoms with Gasteiger partial charge in [0.2, 0.25) is 0 Å². The molecule has 0 saturated heterocycles. The Morgan fingerprint density at radius 2 is 2.11 bits per heavy atom. The third-order valence-corrected chi connectivity index (χ3v) is 2.24. The summed E-state index contributed by atoms with van der Waals surface area (Å²) >= 11 is 0. The maximum absolute atomic E-state index is 10.4. The van der Waals surface area contributed by atoms with E-state index in [1.54, 1.807) is 7.11 Å². The van der Waals surface area contributed by atoms with Crippen molar-refractivity contribution in [1.29, 1.82) is 0 Å². The van der Waals surface area contributed by atoms with E-state index in [9.17, 15) is 9.90 Å². The molecule has 0 bridgehead atoms. The molecule has 1 aromatic rings. The summed E-state index contributed by atoms with van der Waals surface area (Å²) < 4.78 is 5.19. The Kier molecular flexibility index (Phi) is 8.45. The number of ether oxygens (including phenoxy) is 1. The standard InChI is InChI=1S/C12H16N2O3.Na/c1-9(12(15)16)14-13-8-7-10-5-3-4-6-11(10)17-2;/h3-6,13H,7-8H2,1-2H3,(H,15,16);/q;+1/p-1. The van der Waals surface area contributed by atoms with E-state index in [2.05, 4.69) is 10.5 Å². The summed E-state index contributed by atoms with van der Waals surface area (Å²) in [6.45, 7) is 1.91. The van der Waals surface area contributed by atoms with E-state index in [1.165, 1.54) is 6.92 Å². The number of carbonyl (C=O) groups is 1. The Morgan fingerprint density at radius 1 is 1.44 bits per heavy atom. The molecule has 0 spiro atoms. The van der Waals surface area contributed by atoms with Gasteiger partial charge in [-0.15, -0.1) is 0 Å². The van der Waals surface area contributed by atoms with Crippen molar-refractivity contribution in [3.63, 3.8) is 0 Å². The van der Waals surface area contributed by atoms with Gasteiger partial charge in [-0.2, -0.15) is 5.10 Å². The average molecular weight is 258 g/mol.